The summed E-state index contributed by atoms with van der Waals surface area (Å²) < 4.78 is 46.9. The van der Waals surface area contributed by atoms with Crippen LogP contribution in [0.4, 0.5) is 15.2 Å². The number of nitrogens with one attached hydrogen (secondary N) is 2. The van der Waals surface area contributed by atoms with E-state index in [1.54, 1.807) is 24.3 Å². The van der Waals surface area contributed by atoms with Crippen LogP contribution in [0.15, 0.2) is 71.6 Å². The minimum atomic E-state index is -3.79. The summed E-state index contributed by atoms with van der Waals surface area (Å²) in [5.41, 5.74) is 0.799. The van der Waals surface area contributed by atoms with Crippen molar-refractivity contribution < 1.29 is 22.3 Å². The lowest BCUT2D eigenvalue weighted by Gasteiger charge is -2.09. The summed E-state index contributed by atoms with van der Waals surface area (Å²) in [6.45, 7) is 0. The van der Waals surface area contributed by atoms with E-state index in [2.05, 4.69) is 15.0 Å². The van der Waals surface area contributed by atoms with Crippen molar-refractivity contribution in [2.75, 3.05) is 17.1 Å². The van der Waals surface area contributed by atoms with E-state index in [0.717, 1.165) is 11.3 Å². The fourth-order valence-corrected chi connectivity index (χ4v) is 4.73. The molecule has 3 aromatic carbocycles. The number of thiazole rings is 1. The number of carbonyl (C=O) groups is 1. The summed E-state index contributed by atoms with van der Waals surface area (Å²) >= 11 is 1.16. The molecular weight excluding hydrogens is 441 g/mol. The Balaban J connectivity index is 1.46. The van der Waals surface area contributed by atoms with Gasteiger partial charge in [0.1, 0.15) is 17.1 Å². The summed E-state index contributed by atoms with van der Waals surface area (Å²) in [4.78, 5) is 16.6. The number of sulfonamides is 1. The van der Waals surface area contributed by atoms with Crippen LogP contribution in [-0.4, -0.2) is 26.4 Å². The Hall–Kier alpha value is -3.50. The molecule has 2 N–H and O–H groups in total. The number of carbonyl (C=O) groups excluding carboxylic acids is 1. The average molecular weight is 458 g/mol. The SMILES string of the molecule is COc1ccc(S(=O)(=O)Nc2ccc(C(=O)Nc3nc4c(F)cccc4s3)cc2)cc1. The number of methoxy groups -OCH3 is 1. The number of amides is 1. The van der Waals surface area contributed by atoms with Crippen LogP contribution in [0.1, 0.15) is 10.4 Å². The molecule has 0 unspecified atom stereocenters. The van der Waals surface area contributed by atoms with Crippen molar-refractivity contribution in [1.29, 1.82) is 0 Å². The van der Waals surface area contributed by atoms with Crippen molar-refractivity contribution in [3.8, 4) is 5.75 Å². The minimum Gasteiger partial charge on any atom is -0.497 e. The molecule has 1 amide bonds. The molecule has 0 spiro atoms. The maximum Gasteiger partial charge on any atom is 0.261 e. The molecule has 0 radical (unpaired) electrons. The predicted molar refractivity (Wildman–Crippen MR) is 118 cm³/mol. The monoisotopic (exact) mass is 457 g/mol. The fourth-order valence-electron chi connectivity index (χ4n) is 2.80. The molecule has 0 saturated carbocycles. The van der Waals surface area contributed by atoms with E-state index in [9.17, 15) is 17.6 Å². The standard InChI is InChI=1S/C21H16FN3O4S2/c1-29-15-9-11-16(12-10-15)31(27,28)25-14-7-5-13(6-8-14)20(26)24-21-23-19-17(22)3-2-4-18(19)30-21/h2-12,25H,1H3,(H,23,24,26). The first kappa shape index (κ1) is 20.8. The molecule has 1 aromatic heterocycles. The highest BCUT2D eigenvalue weighted by molar-refractivity contribution is 7.92. The molecule has 31 heavy (non-hydrogen) atoms. The Kier molecular flexibility index (Phi) is 5.57. The molecule has 1 heterocycles. The first-order chi connectivity index (χ1) is 14.9. The number of rotatable bonds is 6. The molecule has 0 aliphatic rings. The minimum absolute atomic E-state index is 0.0817. The highest BCUT2D eigenvalue weighted by Crippen LogP contribution is 2.28. The van der Waals surface area contributed by atoms with Crippen LogP contribution in [0, 0.1) is 5.82 Å². The van der Waals surface area contributed by atoms with Crippen molar-refractivity contribution >= 4 is 48.3 Å². The number of hydrogen-bond donors (Lipinski definition) is 2. The van der Waals surface area contributed by atoms with Crippen molar-refractivity contribution in [3.63, 3.8) is 0 Å². The third-order valence-corrected chi connectivity index (χ3v) is 6.69. The molecule has 10 heteroatoms. The van der Waals surface area contributed by atoms with Crippen LogP contribution in [0.3, 0.4) is 0 Å². The van der Waals surface area contributed by atoms with E-state index < -0.39 is 21.7 Å². The quantitative estimate of drug-likeness (QED) is 0.444. The van der Waals surface area contributed by atoms with Crippen LogP contribution in [-0.2, 0) is 10.0 Å². The van der Waals surface area contributed by atoms with E-state index in [1.807, 2.05) is 0 Å². The van der Waals surface area contributed by atoms with E-state index in [0.29, 0.717) is 21.7 Å². The third kappa shape index (κ3) is 4.49. The van der Waals surface area contributed by atoms with Gasteiger partial charge in [-0.3, -0.25) is 14.8 Å². The lowest BCUT2D eigenvalue weighted by molar-refractivity contribution is 0.102. The lowest BCUT2D eigenvalue weighted by atomic mass is 10.2. The second-order valence-corrected chi connectivity index (χ2v) is 9.13. The molecule has 0 fully saturated rings. The van der Waals surface area contributed by atoms with Crippen molar-refractivity contribution in [1.82, 2.24) is 4.98 Å². The number of halogens is 1. The van der Waals surface area contributed by atoms with Gasteiger partial charge in [-0.05, 0) is 60.7 Å². The molecule has 0 bridgehead atoms. The van der Waals surface area contributed by atoms with Gasteiger partial charge < -0.3 is 4.74 Å². The normalized spacial score (nSPS) is 11.3. The molecule has 0 atom stereocenters. The second kappa shape index (κ2) is 8.32. The lowest BCUT2D eigenvalue weighted by Crippen LogP contribution is -2.14. The first-order valence-electron chi connectivity index (χ1n) is 8.99. The molecule has 0 aliphatic carbocycles. The van der Waals surface area contributed by atoms with Gasteiger partial charge in [-0.1, -0.05) is 17.4 Å². The van der Waals surface area contributed by atoms with Gasteiger partial charge in [-0.2, -0.15) is 0 Å². The number of hydrogen-bond acceptors (Lipinski definition) is 6. The van der Waals surface area contributed by atoms with Gasteiger partial charge in [-0.25, -0.2) is 17.8 Å². The van der Waals surface area contributed by atoms with Gasteiger partial charge in [0.2, 0.25) is 0 Å². The van der Waals surface area contributed by atoms with Gasteiger partial charge in [0.05, 0.1) is 16.7 Å². The van der Waals surface area contributed by atoms with Gasteiger partial charge in [0.25, 0.3) is 15.9 Å². The Labute approximate surface area is 181 Å². The molecule has 0 aliphatic heterocycles. The van der Waals surface area contributed by atoms with Crippen LogP contribution < -0.4 is 14.8 Å². The third-order valence-electron chi connectivity index (χ3n) is 4.36. The van der Waals surface area contributed by atoms with Crippen molar-refractivity contribution in [2.45, 2.75) is 4.90 Å². The van der Waals surface area contributed by atoms with Gasteiger partial charge in [0.15, 0.2) is 5.13 Å². The van der Waals surface area contributed by atoms with E-state index in [4.69, 9.17) is 4.74 Å². The second-order valence-electron chi connectivity index (χ2n) is 6.42. The van der Waals surface area contributed by atoms with Gasteiger partial charge in [0, 0.05) is 11.3 Å². The Morgan fingerprint density at radius 3 is 2.39 bits per heavy atom. The Morgan fingerprint density at radius 1 is 1.03 bits per heavy atom. The first-order valence-corrected chi connectivity index (χ1v) is 11.3. The zero-order chi connectivity index (χ0) is 22.0. The molecule has 4 rings (SSSR count). The number of nitrogens with zero attached hydrogens (tertiary/aromatic N) is 1. The summed E-state index contributed by atoms with van der Waals surface area (Å²) in [6, 6.07) is 16.5. The largest absolute Gasteiger partial charge is 0.497 e. The van der Waals surface area contributed by atoms with Crippen molar-refractivity contribution in [2.24, 2.45) is 0 Å². The summed E-state index contributed by atoms with van der Waals surface area (Å²) in [5, 5.41) is 2.90. The summed E-state index contributed by atoms with van der Waals surface area (Å²) in [7, 11) is -2.29. The van der Waals surface area contributed by atoms with Crippen LogP contribution in [0.2, 0.25) is 0 Å². The van der Waals surface area contributed by atoms with Crippen LogP contribution in [0.5, 0.6) is 5.75 Å². The molecule has 4 aromatic rings. The summed E-state index contributed by atoms with van der Waals surface area (Å²) in [6.07, 6.45) is 0. The Morgan fingerprint density at radius 2 is 1.74 bits per heavy atom. The molecular formula is C21H16FN3O4S2. The number of anilines is 2. The zero-order valence-electron chi connectivity index (χ0n) is 16.1. The molecule has 7 nitrogen and oxygen atoms in total. The number of ether oxygens (including phenoxy) is 1. The molecule has 0 saturated heterocycles. The van der Waals surface area contributed by atoms with Gasteiger partial charge >= 0.3 is 0 Å². The van der Waals surface area contributed by atoms with Gasteiger partial charge in [-0.15, -0.1) is 0 Å². The topological polar surface area (TPSA) is 97.4 Å². The van der Waals surface area contributed by atoms with E-state index in [-0.39, 0.29) is 15.5 Å². The zero-order valence-corrected chi connectivity index (χ0v) is 17.8. The summed E-state index contributed by atoms with van der Waals surface area (Å²) in [5.74, 6) is -0.350. The smallest absolute Gasteiger partial charge is 0.261 e. The number of aromatic nitrogens is 1. The maximum atomic E-state index is 13.8. The van der Waals surface area contributed by atoms with E-state index >= 15 is 0 Å². The highest BCUT2D eigenvalue weighted by atomic mass is 32.2. The van der Waals surface area contributed by atoms with E-state index in [1.165, 1.54) is 49.6 Å². The van der Waals surface area contributed by atoms with Crippen molar-refractivity contribution in [3.05, 3.63) is 78.1 Å². The highest BCUT2D eigenvalue weighted by Gasteiger charge is 2.15. The fraction of sp³-hybridized carbons (Fsp3) is 0.0476. The molecule has 158 valence electrons. The predicted octanol–water partition coefficient (Wildman–Crippen LogP) is 4.50. The number of benzene rings is 3. The Bertz CT molecular complexity index is 1350. The maximum absolute atomic E-state index is 13.8. The van der Waals surface area contributed by atoms with Crippen LogP contribution >= 0.6 is 11.3 Å². The number of para-hydroxylation sites is 1. The average Bonchev–Trinajstić information content (AvgIpc) is 3.18. The van der Waals surface area contributed by atoms with Crippen LogP contribution in [0.25, 0.3) is 10.2 Å². The number of fused-ring (bicyclic) bond motifs is 1.